The van der Waals surface area contributed by atoms with Crippen LogP contribution in [-0.2, 0) is 6.54 Å². The molecule has 5 nitrogen and oxygen atoms in total. The van der Waals surface area contributed by atoms with Gasteiger partial charge in [-0.05, 0) is 5.92 Å². The molecule has 1 rings (SSSR count). The molecule has 0 aliphatic rings. The smallest absolute Gasteiger partial charge is 0.396 e. The van der Waals surface area contributed by atoms with Gasteiger partial charge in [0.05, 0.1) is 7.11 Å². The van der Waals surface area contributed by atoms with Crippen LogP contribution in [0.4, 0.5) is 0 Å². The lowest BCUT2D eigenvalue weighted by Crippen LogP contribution is -2.37. The monoisotopic (exact) mass is 198 g/mol. The van der Waals surface area contributed by atoms with E-state index < -0.39 is 0 Å². The molecule has 14 heavy (non-hydrogen) atoms. The summed E-state index contributed by atoms with van der Waals surface area (Å²) in [5.41, 5.74) is -0.311. The third-order valence-corrected chi connectivity index (χ3v) is 1.77. The van der Waals surface area contributed by atoms with Gasteiger partial charge in [0.15, 0.2) is 0 Å². The van der Waals surface area contributed by atoms with E-state index in [1.165, 1.54) is 17.9 Å². The van der Waals surface area contributed by atoms with Crippen molar-refractivity contribution in [2.75, 3.05) is 7.11 Å². The Kier molecular flexibility index (Phi) is 3.11. The van der Waals surface area contributed by atoms with Crippen LogP contribution in [0, 0.1) is 11.1 Å². The van der Waals surface area contributed by atoms with Gasteiger partial charge in [-0.3, -0.25) is 4.79 Å². The Morgan fingerprint density at radius 1 is 1.64 bits per heavy atom. The van der Waals surface area contributed by atoms with Crippen LogP contribution in [0.5, 0.6) is 5.88 Å². The Morgan fingerprint density at radius 2 is 2.29 bits per heavy atom. The molecule has 0 aromatic carbocycles. The maximum absolute atomic E-state index is 11.3. The van der Waals surface area contributed by atoms with Crippen LogP contribution in [0.3, 0.4) is 0 Å². The number of hydrogen-bond donors (Lipinski definition) is 0. The van der Waals surface area contributed by atoms with Crippen LogP contribution < -0.4 is 15.0 Å². The minimum Gasteiger partial charge on any atom is -0.616 e. The zero-order valence-corrected chi connectivity index (χ0v) is 8.56. The zero-order chi connectivity index (χ0) is 10.7. The van der Waals surface area contributed by atoms with Gasteiger partial charge in [0.25, 0.3) is 0 Å². The molecule has 1 heterocycles. The van der Waals surface area contributed by atoms with E-state index in [4.69, 9.17) is 4.74 Å². The van der Waals surface area contributed by atoms with Gasteiger partial charge < -0.3 is 14.5 Å². The van der Waals surface area contributed by atoms with Crippen molar-refractivity contribution in [1.29, 1.82) is 0 Å². The summed E-state index contributed by atoms with van der Waals surface area (Å²) in [5, 5.41) is 11.1. The zero-order valence-electron chi connectivity index (χ0n) is 8.56. The molecule has 0 fully saturated rings. The molecular weight excluding hydrogens is 184 g/mol. The van der Waals surface area contributed by atoms with Crippen molar-refractivity contribution >= 4 is 0 Å². The summed E-state index contributed by atoms with van der Waals surface area (Å²) in [6, 6.07) is 0. The van der Waals surface area contributed by atoms with Crippen LogP contribution in [0.15, 0.2) is 17.2 Å². The molecule has 5 heteroatoms. The molecule has 78 valence electrons. The van der Waals surface area contributed by atoms with Crippen LogP contribution in [0.1, 0.15) is 13.8 Å². The molecule has 1 aromatic rings. The molecule has 0 saturated heterocycles. The predicted molar refractivity (Wildman–Crippen MR) is 51.1 cm³/mol. The number of rotatable bonds is 3. The van der Waals surface area contributed by atoms with Gasteiger partial charge in [0.1, 0.15) is 6.20 Å². The van der Waals surface area contributed by atoms with Gasteiger partial charge in [-0.15, -0.1) is 4.73 Å². The van der Waals surface area contributed by atoms with Crippen LogP contribution in [0.2, 0.25) is 0 Å². The van der Waals surface area contributed by atoms with Gasteiger partial charge in [0.2, 0.25) is 6.20 Å². The first-order chi connectivity index (χ1) is 6.54. The molecule has 0 unspecified atom stereocenters. The van der Waals surface area contributed by atoms with Crippen LogP contribution in [0.25, 0.3) is 0 Å². The average molecular weight is 198 g/mol. The van der Waals surface area contributed by atoms with Gasteiger partial charge in [0, 0.05) is 6.54 Å². The fourth-order valence-electron chi connectivity index (χ4n) is 1.17. The fourth-order valence-corrected chi connectivity index (χ4v) is 1.17. The minimum absolute atomic E-state index is 0.130. The second-order valence-corrected chi connectivity index (χ2v) is 3.51. The first-order valence-electron chi connectivity index (χ1n) is 4.42. The molecule has 0 N–H and O–H groups in total. The summed E-state index contributed by atoms with van der Waals surface area (Å²) >= 11 is 0. The Hall–Kier alpha value is -1.52. The highest BCUT2D eigenvalue weighted by atomic mass is 16.5. The van der Waals surface area contributed by atoms with Crippen molar-refractivity contribution in [2.24, 2.45) is 5.92 Å². The molecule has 0 radical (unpaired) electrons. The molecule has 0 amide bonds. The first-order valence-corrected chi connectivity index (χ1v) is 4.42. The van der Waals surface area contributed by atoms with Gasteiger partial charge in [-0.2, -0.15) is 0 Å². The maximum atomic E-state index is 11.3. The number of ether oxygens (including phenoxy) is 1. The summed E-state index contributed by atoms with van der Waals surface area (Å²) in [4.78, 5) is 11.3. The molecule has 0 atom stereocenters. The molecule has 1 aromatic heterocycles. The van der Waals surface area contributed by atoms with E-state index in [0.717, 1.165) is 6.20 Å². The van der Waals surface area contributed by atoms with Crippen molar-refractivity contribution in [3.05, 3.63) is 28.0 Å². The Labute approximate surface area is 82.1 Å². The summed E-state index contributed by atoms with van der Waals surface area (Å²) in [5.74, 6) is 0.477. The number of methoxy groups -OCH3 is 1. The Morgan fingerprint density at radius 3 is 2.79 bits per heavy atom. The normalized spacial score (nSPS) is 10.6. The molecule has 0 saturated carbocycles. The van der Waals surface area contributed by atoms with Crippen molar-refractivity contribution in [3.63, 3.8) is 0 Å². The maximum Gasteiger partial charge on any atom is 0.396 e. The minimum atomic E-state index is -0.311. The fraction of sp³-hybridized carbons (Fsp3) is 0.556. The van der Waals surface area contributed by atoms with Gasteiger partial charge in [-0.1, -0.05) is 13.8 Å². The second-order valence-electron chi connectivity index (χ2n) is 3.51. The SMILES string of the molecule is COc1cn(CC(C)C)c(=O)c[n+]1[O-]. The van der Waals surface area contributed by atoms with E-state index in [1.54, 1.807) is 0 Å². The van der Waals surface area contributed by atoms with E-state index in [9.17, 15) is 10.0 Å². The highest BCUT2D eigenvalue weighted by molar-refractivity contribution is 4.95. The topological polar surface area (TPSA) is 58.2 Å². The van der Waals surface area contributed by atoms with Crippen molar-refractivity contribution in [3.8, 4) is 5.88 Å². The number of aromatic nitrogens is 2. The number of nitrogens with zero attached hydrogens (tertiary/aromatic N) is 2. The molecule has 0 aliphatic heterocycles. The lowest BCUT2D eigenvalue weighted by molar-refractivity contribution is -0.614. The third-order valence-electron chi connectivity index (χ3n) is 1.77. The van der Waals surface area contributed by atoms with E-state index >= 15 is 0 Å². The summed E-state index contributed by atoms with van der Waals surface area (Å²) in [6.45, 7) is 4.57. The van der Waals surface area contributed by atoms with Crippen LogP contribution in [-0.4, -0.2) is 11.7 Å². The van der Waals surface area contributed by atoms with E-state index in [2.05, 4.69) is 0 Å². The van der Waals surface area contributed by atoms with Crippen molar-refractivity contribution in [2.45, 2.75) is 20.4 Å². The summed E-state index contributed by atoms with van der Waals surface area (Å²) in [7, 11) is 1.40. The summed E-state index contributed by atoms with van der Waals surface area (Å²) in [6.07, 6.45) is 2.40. The first kappa shape index (κ1) is 10.6. The highest BCUT2D eigenvalue weighted by Gasteiger charge is 2.10. The molecule has 0 bridgehead atoms. The number of hydrogen-bond acceptors (Lipinski definition) is 3. The quantitative estimate of drug-likeness (QED) is 0.513. The third kappa shape index (κ3) is 2.25. The Bertz CT molecular complexity index is 371. The van der Waals surface area contributed by atoms with Gasteiger partial charge in [-0.25, -0.2) is 0 Å². The standard InChI is InChI=1S/C9H14N2O3/c1-7(2)4-10-6-9(14-3)11(13)5-8(10)12/h5-7H,4H2,1-3H3. The molecule has 0 spiro atoms. The molecule has 0 aliphatic carbocycles. The Balaban J connectivity index is 3.11. The van der Waals surface area contributed by atoms with Crippen LogP contribution >= 0.6 is 0 Å². The van der Waals surface area contributed by atoms with Crippen molar-refractivity contribution < 1.29 is 9.47 Å². The predicted octanol–water partition coefficient (Wildman–Crippen LogP) is 0.146. The molecular formula is C9H14N2O3. The van der Waals surface area contributed by atoms with E-state index in [1.807, 2.05) is 13.8 Å². The average Bonchev–Trinajstić information content (AvgIpc) is 2.09. The summed E-state index contributed by atoms with van der Waals surface area (Å²) < 4.78 is 6.71. The lowest BCUT2D eigenvalue weighted by Gasteiger charge is -2.09. The van der Waals surface area contributed by atoms with Crippen molar-refractivity contribution in [1.82, 2.24) is 4.57 Å². The second kappa shape index (κ2) is 4.13. The van der Waals surface area contributed by atoms with E-state index in [0.29, 0.717) is 17.2 Å². The van der Waals surface area contributed by atoms with Gasteiger partial charge >= 0.3 is 11.4 Å². The lowest BCUT2D eigenvalue weighted by atomic mass is 10.2. The largest absolute Gasteiger partial charge is 0.616 e. The highest BCUT2D eigenvalue weighted by Crippen LogP contribution is 2.01. The van der Waals surface area contributed by atoms with E-state index in [-0.39, 0.29) is 11.4 Å².